The van der Waals surface area contributed by atoms with Crippen LogP contribution in [0.3, 0.4) is 0 Å². The Bertz CT molecular complexity index is 843. The van der Waals surface area contributed by atoms with Gasteiger partial charge in [-0.2, -0.15) is 0 Å². The quantitative estimate of drug-likeness (QED) is 0.568. The first-order valence-corrected chi connectivity index (χ1v) is 7.33. The molecule has 0 aliphatic rings. The lowest BCUT2D eigenvalue weighted by atomic mass is 9.98. The first-order chi connectivity index (χ1) is 11.5. The first kappa shape index (κ1) is 15.8. The molecular formula is C19H14FNO3. The average molecular weight is 323 g/mol. The van der Waals surface area contributed by atoms with Crippen molar-refractivity contribution in [2.45, 2.75) is 6.10 Å². The SMILES string of the molecule is O=[N+]([O-])c1ccc(C(O)c2ccc(-c3ccc(F)cc3)cc2)cc1. The van der Waals surface area contributed by atoms with Crippen LogP contribution in [0.2, 0.25) is 0 Å². The highest BCUT2D eigenvalue weighted by Gasteiger charge is 2.12. The molecule has 0 heterocycles. The van der Waals surface area contributed by atoms with Crippen LogP contribution in [0, 0.1) is 15.9 Å². The van der Waals surface area contributed by atoms with Crippen molar-refractivity contribution in [2.24, 2.45) is 0 Å². The van der Waals surface area contributed by atoms with Crippen LogP contribution in [0.15, 0.2) is 72.8 Å². The number of rotatable bonds is 4. The van der Waals surface area contributed by atoms with Gasteiger partial charge >= 0.3 is 0 Å². The second kappa shape index (κ2) is 6.60. The van der Waals surface area contributed by atoms with Gasteiger partial charge in [0.2, 0.25) is 0 Å². The Balaban J connectivity index is 1.81. The van der Waals surface area contributed by atoms with E-state index in [0.717, 1.165) is 11.1 Å². The van der Waals surface area contributed by atoms with E-state index in [2.05, 4.69) is 0 Å². The molecule has 0 bridgehead atoms. The van der Waals surface area contributed by atoms with Crippen LogP contribution in [-0.2, 0) is 0 Å². The van der Waals surface area contributed by atoms with Crippen LogP contribution >= 0.6 is 0 Å². The maximum atomic E-state index is 13.0. The Hall–Kier alpha value is -3.05. The predicted octanol–water partition coefficient (Wildman–Crippen LogP) is 4.48. The molecule has 0 saturated heterocycles. The molecule has 1 atom stereocenters. The Labute approximate surface area is 138 Å². The fourth-order valence-electron chi connectivity index (χ4n) is 2.47. The minimum atomic E-state index is -0.868. The third kappa shape index (κ3) is 3.31. The third-order valence-electron chi connectivity index (χ3n) is 3.82. The summed E-state index contributed by atoms with van der Waals surface area (Å²) in [5.74, 6) is -0.288. The van der Waals surface area contributed by atoms with Gasteiger partial charge in [0, 0.05) is 12.1 Å². The van der Waals surface area contributed by atoms with Gasteiger partial charge < -0.3 is 5.11 Å². The fraction of sp³-hybridized carbons (Fsp3) is 0.0526. The normalized spacial score (nSPS) is 11.9. The first-order valence-electron chi connectivity index (χ1n) is 7.33. The summed E-state index contributed by atoms with van der Waals surface area (Å²) in [6.45, 7) is 0. The highest BCUT2D eigenvalue weighted by atomic mass is 19.1. The lowest BCUT2D eigenvalue weighted by Gasteiger charge is -2.12. The van der Waals surface area contributed by atoms with Gasteiger partial charge in [0.25, 0.3) is 5.69 Å². The number of nitro groups is 1. The van der Waals surface area contributed by atoms with Gasteiger partial charge in [0.1, 0.15) is 11.9 Å². The number of hydrogen-bond donors (Lipinski definition) is 1. The van der Waals surface area contributed by atoms with Crippen LogP contribution in [-0.4, -0.2) is 10.0 Å². The average Bonchev–Trinajstić information content (AvgIpc) is 2.62. The van der Waals surface area contributed by atoms with Crippen molar-refractivity contribution < 1.29 is 14.4 Å². The molecule has 3 aromatic carbocycles. The lowest BCUT2D eigenvalue weighted by molar-refractivity contribution is -0.384. The lowest BCUT2D eigenvalue weighted by Crippen LogP contribution is -1.99. The molecule has 5 heteroatoms. The topological polar surface area (TPSA) is 63.4 Å². The van der Waals surface area contributed by atoms with Gasteiger partial charge in [0.05, 0.1) is 4.92 Å². The van der Waals surface area contributed by atoms with Crippen molar-refractivity contribution in [3.63, 3.8) is 0 Å². The third-order valence-corrected chi connectivity index (χ3v) is 3.82. The van der Waals surface area contributed by atoms with E-state index in [4.69, 9.17) is 0 Å². The summed E-state index contributed by atoms with van der Waals surface area (Å²) < 4.78 is 13.0. The molecule has 3 aromatic rings. The van der Waals surface area contributed by atoms with Crippen LogP contribution < -0.4 is 0 Å². The number of aliphatic hydroxyl groups is 1. The van der Waals surface area contributed by atoms with E-state index in [1.54, 1.807) is 24.3 Å². The van der Waals surface area contributed by atoms with E-state index >= 15 is 0 Å². The summed E-state index contributed by atoms with van der Waals surface area (Å²) in [5.41, 5.74) is 3.03. The molecule has 0 aliphatic carbocycles. The summed E-state index contributed by atoms with van der Waals surface area (Å²) in [4.78, 5) is 10.2. The fourth-order valence-corrected chi connectivity index (χ4v) is 2.47. The zero-order valence-corrected chi connectivity index (χ0v) is 12.6. The molecule has 0 radical (unpaired) electrons. The maximum Gasteiger partial charge on any atom is 0.269 e. The molecule has 4 nitrogen and oxygen atoms in total. The standard InChI is InChI=1S/C19H14FNO3/c20-17-9-5-14(6-10-17)13-1-3-15(4-2-13)19(22)16-7-11-18(12-8-16)21(23)24/h1-12,19,22H. The van der Waals surface area contributed by atoms with E-state index in [1.165, 1.54) is 36.4 Å². The molecule has 0 aromatic heterocycles. The van der Waals surface area contributed by atoms with Crippen molar-refractivity contribution in [2.75, 3.05) is 0 Å². The van der Waals surface area contributed by atoms with Crippen LogP contribution in [0.4, 0.5) is 10.1 Å². The predicted molar refractivity (Wildman–Crippen MR) is 89.0 cm³/mol. The smallest absolute Gasteiger partial charge is 0.269 e. The molecule has 3 rings (SSSR count). The summed E-state index contributed by atoms with van der Waals surface area (Å²) in [5, 5.41) is 21.1. The summed E-state index contributed by atoms with van der Waals surface area (Å²) in [6, 6.07) is 19.2. The molecule has 0 aliphatic heterocycles. The van der Waals surface area contributed by atoms with Gasteiger partial charge in [-0.3, -0.25) is 10.1 Å². The highest BCUT2D eigenvalue weighted by Crippen LogP contribution is 2.27. The number of nitrogens with zero attached hydrogens (tertiary/aromatic N) is 1. The monoisotopic (exact) mass is 323 g/mol. The molecule has 0 spiro atoms. The van der Waals surface area contributed by atoms with E-state index in [1.807, 2.05) is 12.1 Å². The maximum absolute atomic E-state index is 13.0. The van der Waals surface area contributed by atoms with Gasteiger partial charge in [-0.25, -0.2) is 4.39 Å². The molecule has 0 fully saturated rings. The van der Waals surface area contributed by atoms with E-state index in [0.29, 0.717) is 11.1 Å². The number of halogens is 1. The van der Waals surface area contributed by atoms with Crippen LogP contribution in [0.5, 0.6) is 0 Å². The van der Waals surface area contributed by atoms with Crippen molar-refractivity contribution in [3.05, 3.63) is 99.9 Å². The summed E-state index contributed by atoms with van der Waals surface area (Å²) in [7, 11) is 0. The Morgan fingerprint density at radius 2 is 1.21 bits per heavy atom. The highest BCUT2D eigenvalue weighted by molar-refractivity contribution is 5.63. The second-order valence-electron chi connectivity index (χ2n) is 5.38. The zero-order chi connectivity index (χ0) is 17.1. The molecule has 0 amide bonds. The number of non-ortho nitro benzene ring substituents is 1. The largest absolute Gasteiger partial charge is 0.384 e. The molecule has 1 N–H and O–H groups in total. The number of hydrogen-bond acceptors (Lipinski definition) is 3. The van der Waals surface area contributed by atoms with Gasteiger partial charge in [0.15, 0.2) is 0 Å². The van der Waals surface area contributed by atoms with E-state index in [-0.39, 0.29) is 11.5 Å². The van der Waals surface area contributed by atoms with Crippen LogP contribution in [0.1, 0.15) is 17.2 Å². The van der Waals surface area contributed by atoms with Gasteiger partial charge in [-0.1, -0.05) is 36.4 Å². The van der Waals surface area contributed by atoms with Crippen molar-refractivity contribution in [3.8, 4) is 11.1 Å². The van der Waals surface area contributed by atoms with Crippen molar-refractivity contribution in [1.29, 1.82) is 0 Å². The number of nitro benzene ring substituents is 1. The molecule has 120 valence electrons. The van der Waals surface area contributed by atoms with Gasteiger partial charge in [-0.05, 0) is 46.5 Å². The Morgan fingerprint density at radius 3 is 1.67 bits per heavy atom. The van der Waals surface area contributed by atoms with Gasteiger partial charge in [-0.15, -0.1) is 0 Å². The minimum absolute atomic E-state index is 0.0161. The van der Waals surface area contributed by atoms with E-state index in [9.17, 15) is 19.6 Å². The number of benzene rings is 3. The van der Waals surface area contributed by atoms with Crippen LogP contribution in [0.25, 0.3) is 11.1 Å². The van der Waals surface area contributed by atoms with E-state index < -0.39 is 11.0 Å². The zero-order valence-electron chi connectivity index (χ0n) is 12.6. The summed E-state index contributed by atoms with van der Waals surface area (Å²) in [6.07, 6.45) is -0.868. The molecule has 1 unspecified atom stereocenters. The molecule has 24 heavy (non-hydrogen) atoms. The van der Waals surface area contributed by atoms with Crippen molar-refractivity contribution in [1.82, 2.24) is 0 Å². The number of aliphatic hydroxyl groups excluding tert-OH is 1. The second-order valence-corrected chi connectivity index (χ2v) is 5.38. The Kier molecular flexibility index (Phi) is 4.35. The Morgan fingerprint density at radius 1 is 0.792 bits per heavy atom. The molecular weight excluding hydrogens is 309 g/mol. The molecule has 0 saturated carbocycles. The van der Waals surface area contributed by atoms with Crippen molar-refractivity contribution >= 4 is 5.69 Å². The minimum Gasteiger partial charge on any atom is -0.384 e. The summed E-state index contributed by atoms with van der Waals surface area (Å²) >= 11 is 0.